The van der Waals surface area contributed by atoms with Crippen LogP contribution in [-0.4, -0.2) is 15.4 Å². The van der Waals surface area contributed by atoms with Gasteiger partial charge in [-0.05, 0) is 29.9 Å². The molecule has 2 rings (SSSR count). The summed E-state index contributed by atoms with van der Waals surface area (Å²) in [5.41, 5.74) is 2.01. The van der Waals surface area contributed by atoms with E-state index in [1.54, 1.807) is 0 Å². The first-order valence-corrected chi connectivity index (χ1v) is 8.56. The lowest BCUT2D eigenvalue weighted by molar-refractivity contribution is 0.252. The Hall–Kier alpha value is -0.730. The molecule has 1 aromatic heterocycles. The van der Waals surface area contributed by atoms with E-state index in [0.29, 0.717) is 28.7 Å². The van der Waals surface area contributed by atoms with E-state index in [0.717, 1.165) is 29.8 Å². The lowest BCUT2D eigenvalue weighted by atomic mass is 9.85. The molecule has 0 aliphatic carbocycles. The van der Waals surface area contributed by atoms with Gasteiger partial charge in [0.2, 0.25) is 0 Å². The molecule has 0 amide bonds. The molecule has 0 N–H and O–H groups in total. The molecule has 1 aromatic carbocycles. The predicted octanol–water partition coefficient (Wildman–Crippen LogP) is 5.40. The SMILES string of the molecule is CC(C)C(Cn1c(CCCl)nc2c(Cl)cccc21)C(C)C. The van der Waals surface area contributed by atoms with Crippen LogP contribution >= 0.6 is 23.2 Å². The third-order valence-corrected chi connectivity index (χ3v) is 4.73. The van der Waals surface area contributed by atoms with Crippen LogP contribution in [0.2, 0.25) is 5.02 Å². The molecule has 0 aliphatic rings. The monoisotopic (exact) mass is 326 g/mol. The molecule has 0 aliphatic heterocycles. The minimum Gasteiger partial charge on any atom is -0.328 e. The molecule has 1 heterocycles. The number of fused-ring (bicyclic) bond motifs is 1. The minimum absolute atomic E-state index is 0.578. The highest BCUT2D eigenvalue weighted by Crippen LogP contribution is 2.29. The second kappa shape index (κ2) is 7.02. The van der Waals surface area contributed by atoms with Crippen molar-refractivity contribution in [2.75, 3.05) is 5.88 Å². The Kier molecular flexibility index (Phi) is 5.56. The van der Waals surface area contributed by atoms with Gasteiger partial charge in [-0.1, -0.05) is 45.4 Å². The number of rotatable bonds is 6. The molecule has 0 fully saturated rings. The number of hydrogen-bond acceptors (Lipinski definition) is 1. The van der Waals surface area contributed by atoms with Gasteiger partial charge in [-0.3, -0.25) is 0 Å². The molecular weight excluding hydrogens is 303 g/mol. The van der Waals surface area contributed by atoms with Gasteiger partial charge in [0.15, 0.2) is 0 Å². The summed E-state index contributed by atoms with van der Waals surface area (Å²) < 4.78 is 2.31. The second-order valence-electron chi connectivity index (χ2n) is 6.34. The van der Waals surface area contributed by atoms with Crippen LogP contribution in [0.15, 0.2) is 18.2 Å². The van der Waals surface area contributed by atoms with Crippen molar-refractivity contribution in [3.8, 4) is 0 Å². The highest BCUT2D eigenvalue weighted by atomic mass is 35.5. The number of nitrogens with zero attached hydrogens (tertiary/aromatic N) is 2. The van der Waals surface area contributed by atoms with Crippen LogP contribution in [0.1, 0.15) is 33.5 Å². The van der Waals surface area contributed by atoms with Crippen LogP contribution in [0.4, 0.5) is 0 Å². The number of hydrogen-bond donors (Lipinski definition) is 0. The third-order valence-electron chi connectivity index (χ3n) is 4.23. The van der Waals surface area contributed by atoms with Crippen molar-refractivity contribution in [1.29, 1.82) is 0 Å². The summed E-state index contributed by atoms with van der Waals surface area (Å²) in [6.07, 6.45) is 0.773. The van der Waals surface area contributed by atoms with Gasteiger partial charge in [-0.15, -0.1) is 11.6 Å². The zero-order valence-corrected chi connectivity index (χ0v) is 14.7. The van der Waals surface area contributed by atoms with Crippen LogP contribution in [0.25, 0.3) is 11.0 Å². The first-order valence-electron chi connectivity index (χ1n) is 7.65. The molecule has 2 nitrogen and oxygen atoms in total. The lowest BCUT2D eigenvalue weighted by Crippen LogP contribution is -2.23. The molecule has 4 heteroatoms. The van der Waals surface area contributed by atoms with E-state index < -0.39 is 0 Å². The summed E-state index contributed by atoms with van der Waals surface area (Å²) in [5.74, 6) is 3.49. The van der Waals surface area contributed by atoms with Crippen molar-refractivity contribution in [2.45, 2.75) is 40.7 Å². The smallest absolute Gasteiger partial charge is 0.111 e. The van der Waals surface area contributed by atoms with Crippen molar-refractivity contribution in [3.63, 3.8) is 0 Å². The van der Waals surface area contributed by atoms with Gasteiger partial charge in [0.1, 0.15) is 11.3 Å². The van der Waals surface area contributed by atoms with E-state index in [9.17, 15) is 0 Å². The Bertz CT molecular complexity index is 594. The fourth-order valence-corrected chi connectivity index (χ4v) is 3.42. The van der Waals surface area contributed by atoms with Crippen molar-refractivity contribution < 1.29 is 0 Å². The summed E-state index contributed by atoms with van der Waals surface area (Å²) in [7, 11) is 0. The first kappa shape index (κ1) is 16.6. The summed E-state index contributed by atoms with van der Waals surface area (Å²) in [6.45, 7) is 10.1. The number of alkyl halides is 1. The van der Waals surface area contributed by atoms with Gasteiger partial charge in [0, 0.05) is 18.8 Å². The summed E-state index contributed by atoms with van der Waals surface area (Å²) in [6, 6.07) is 5.99. The van der Waals surface area contributed by atoms with E-state index in [4.69, 9.17) is 28.2 Å². The lowest BCUT2D eigenvalue weighted by Gasteiger charge is -2.26. The average molecular weight is 327 g/mol. The Balaban J connectivity index is 2.49. The van der Waals surface area contributed by atoms with E-state index in [-0.39, 0.29) is 0 Å². The van der Waals surface area contributed by atoms with E-state index in [2.05, 4.69) is 38.3 Å². The van der Waals surface area contributed by atoms with Crippen LogP contribution in [-0.2, 0) is 13.0 Å². The topological polar surface area (TPSA) is 17.8 Å². The zero-order valence-electron chi connectivity index (χ0n) is 13.2. The summed E-state index contributed by atoms with van der Waals surface area (Å²) in [4.78, 5) is 4.72. The molecule has 116 valence electrons. The minimum atomic E-state index is 0.578. The van der Waals surface area contributed by atoms with Crippen molar-refractivity contribution >= 4 is 34.2 Å². The third kappa shape index (κ3) is 3.54. The van der Waals surface area contributed by atoms with Crippen molar-refractivity contribution in [1.82, 2.24) is 9.55 Å². The van der Waals surface area contributed by atoms with Crippen LogP contribution in [0, 0.1) is 17.8 Å². The number of imidazole rings is 1. The van der Waals surface area contributed by atoms with Gasteiger partial charge in [0.05, 0.1) is 10.5 Å². The van der Waals surface area contributed by atoms with Crippen LogP contribution in [0.5, 0.6) is 0 Å². The molecule has 0 spiro atoms. The molecule has 21 heavy (non-hydrogen) atoms. The number of para-hydroxylation sites is 1. The molecule has 0 atom stereocenters. The number of benzene rings is 1. The molecule has 0 bridgehead atoms. The number of halogens is 2. The van der Waals surface area contributed by atoms with Crippen LogP contribution < -0.4 is 0 Å². The Morgan fingerprint density at radius 2 is 1.81 bits per heavy atom. The first-order chi connectivity index (χ1) is 9.95. The van der Waals surface area contributed by atoms with E-state index >= 15 is 0 Å². The predicted molar refractivity (Wildman–Crippen MR) is 92.3 cm³/mol. The molecule has 0 saturated heterocycles. The maximum Gasteiger partial charge on any atom is 0.111 e. The van der Waals surface area contributed by atoms with Gasteiger partial charge in [-0.25, -0.2) is 4.98 Å². The standard InChI is InChI=1S/C17H24Cl2N2/c1-11(2)13(12(3)4)10-21-15-7-5-6-14(19)17(15)20-16(21)8-9-18/h5-7,11-13H,8-10H2,1-4H3. The van der Waals surface area contributed by atoms with E-state index in [1.807, 2.05) is 12.1 Å². The maximum atomic E-state index is 6.30. The van der Waals surface area contributed by atoms with Crippen molar-refractivity contribution in [2.24, 2.45) is 17.8 Å². The molecular formula is C17H24Cl2N2. The molecule has 0 radical (unpaired) electrons. The maximum absolute atomic E-state index is 6.30. The highest BCUT2D eigenvalue weighted by Gasteiger charge is 2.21. The van der Waals surface area contributed by atoms with Gasteiger partial charge >= 0.3 is 0 Å². The number of aromatic nitrogens is 2. The summed E-state index contributed by atoms with van der Waals surface area (Å²) >= 11 is 12.2. The fraction of sp³-hybridized carbons (Fsp3) is 0.588. The Morgan fingerprint density at radius 1 is 1.14 bits per heavy atom. The van der Waals surface area contributed by atoms with Crippen molar-refractivity contribution in [3.05, 3.63) is 29.0 Å². The van der Waals surface area contributed by atoms with Gasteiger partial charge < -0.3 is 4.57 Å². The summed E-state index contributed by atoms with van der Waals surface area (Å²) in [5, 5.41) is 0.715. The molecule has 0 unspecified atom stereocenters. The zero-order chi connectivity index (χ0) is 15.6. The number of aryl methyl sites for hydroxylation is 1. The fourth-order valence-electron chi connectivity index (χ4n) is 3.04. The van der Waals surface area contributed by atoms with E-state index in [1.165, 1.54) is 0 Å². The Labute approximate surface area is 137 Å². The quantitative estimate of drug-likeness (QED) is 0.650. The molecule has 0 saturated carbocycles. The van der Waals surface area contributed by atoms with Gasteiger partial charge in [0.25, 0.3) is 0 Å². The molecule has 2 aromatic rings. The normalized spacial score (nSPS) is 12.2. The van der Waals surface area contributed by atoms with Crippen LogP contribution in [0.3, 0.4) is 0 Å². The highest BCUT2D eigenvalue weighted by molar-refractivity contribution is 6.34. The van der Waals surface area contributed by atoms with Gasteiger partial charge in [-0.2, -0.15) is 0 Å². The average Bonchev–Trinajstić information content (AvgIpc) is 2.75. The second-order valence-corrected chi connectivity index (χ2v) is 7.12. The largest absolute Gasteiger partial charge is 0.328 e. The Morgan fingerprint density at radius 3 is 2.38 bits per heavy atom.